The Kier molecular flexibility index (Phi) is 4.38. The molecule has 0 fully saturated rings. The Labute approximate surface area is 134 Å². The number of rotatable bonds is 5. The molecule has 0 bridgehead atoms. The van der Waals surface area contributed by atoms with E-state index in [0.717, 1.165) is 28.3 Å². The van der Waals surface area contributed by atoms with Crippen molar-refractivity contribution in [2.45, 2.75) is 6.92 Å². The molecule has 1 N–H and O–H groups in total. The Morgan fingerprint density at radius 2 is 1.87 bits per heavy atom. The molecule has 5 nitrogen and oxygen atoms in total. The Morgan fingerprint density at radius 3 is 2.52 bits per heavy atom. The van der Waals surface area contributed by atoms with E-state index in [-0.39, 0.29) is 0 Å². The number of hydrogen-bond donors (Lipinski definition) is 1. The van der Waals surface area contributed by atoms with Crippen molar-refractivity contribution in [2.24, 2.45) is 5.16 Å². The van der Waals surface area contributed by atoms with Crippen LogP contribution in [0.2, 0.25) is 0 Å². The van der Waals surface area contributed by atoms with E-state index in [1.165, 1.54) is 6.21 Å². The van der Waals surface area contributed by atoms with Gasteiger partial charge in [0, 0.05) is 17.3 Å². The second-order valence-corrected chi connectivity index (χ2v) is 4.92. The first-order chi connectivity index (χ1) is 11.3. The Morgan fingerprint density at radius 1 is 1.13 bits per heavy atom. The Hall–Kier alpha value is -3.08. The fraction of sp³-hybridized carbons (Fsp3) is 0.111. The van der Waals surface area contributed by atoms with Crippen LogP contribution >= 0.6 is 0 Å². The van der Waals surface area contributed by atoms with E-state index in [1.807, 2.05) is 67.7 Å². The van der Waals surface area contributed by atoms with Crippen LogP contribution in [0.15, 0.2) is 65.9 Å². The van der Waals surface area contributed by atoms with Gasteiger partial charge >= 0.3 is 0 Å². The number of hydrogen-bond acceptors (Lipinski definition) is 4. The zero-order chi connectivity index (χ0) is 16.1. The fourth-order valence-electron chi connectivity index (χ4n) is 2.36. The number of ether oxygens (including phenoxy) is 1. The van der Waals surface area contributed by atoms with E-state index in [4.69, 9.17) is 9.94 Å². The molecule has 0 saturated carbocycles. The molecule has 0 aliphatic rings. The van der Waals surface area contributed by atoms with Crippen molar-refractivity contribution in [2.75, 3.05) is 6.61 Å². The lowest BCUT2D eigenvalue weighted by atomic mass is 10.1. The highest BCUT2D eigenvalue weighted by atomic mass is 16.5. The normalized spacial score (nSPS) is 11.0. The molecule has 0 aliphatic heterocycles. The molecule has 2 aromatic carbocycles. The summed E-state index contributed by atoms with van der Waals surface area (Å²) < 4.78 is 7.22. The lowest BCUT2D eigenvalue weighted by Gasteiger charge is -2.04. The van der Waals surface area contributed by atoms with E-state index in [0.29, 0.717) is 6.61 Å². The SMILES string of the molecule is CCOc1ccc(-c2nn(-c3ccccc3)cc2/C=N/O)cc1. The van der Waals surface area contributed by atoms with Gasteiger partial charge in [-0.25, -0.2) is 4.68 Å². The van der Waals surface area contributed by atoms with Crippen LogP contribution < -0.4 is 4.74 Å². The van der Waals surface area contributed by atoms with Crippen LogP contribution in [-0.2, 0) is 0 Å². The predicted octanol–water partition coefficient (Wildman–Crippen LogP) is 3.75. The summed E-state index contributed by atoms with van der Waals surface area (Å²) in [7, 11) is 0. The molecule has 0 amide bonds. The number of para-hydroxylation sites is 1. The summed E-state index contributed by atoms with van der Waals surface area (Å²) in [4.78, 5) is 0. The van der Waals surface area contributed by atoms with Gasteiger partial charge in [-0.15, -0.1) is 0 Å². The van der Waals surface area contributed by atoms with Crippen molar-refractivity contribution in [3.05, 3.63) is 66.4 Å². The van der Waals surface area contributed by atoms with Crippen LogP contribution in [-0.4, -0.2) is 27.8 Å². The zero-order valence-corrected chi connectivity index (χ0v) is 12.8. The van der Waals surface area contributed by atoms with Crippen molar-refractivity contribution >= 4 is 6.21 Å². The molecular formula is C18H17N3O2. The molecule has 0 aliphatic carbocycles. The summed E-state index contributed by atoms with van der Waals surface area (Å²) in [5, 5.41) is 16.7. The van der Waals surface area contributed by atoms with Crippen LogP contribution in [0.25, 0.3) is 16.9 Å². The quantitative estimate of drug-likeness (QED) is 0.444. The van der Waals surface area contributed by atoms with Gasteiger partial charge < -0.3 is 9.94 Å². The largest absolute Gasteiger partial charge is 0.494 e. The molecule has 0 radical (unpaired) electrons. The molecule has 23 heavy (non-hydrogen) atoms. The molecule has 0 atom stereocenters. The summed E-state index contributed by atoms with van der Waals surface area (Å²) in [6.45, 7) is 2.58. The van der Waals surface area contributed by atoms with Gasteiger partial charge in [0.2, 0.25) is 0 Å². The van der Waals surface area contributed by atoms with Crippen molar-refractivity contribution in [1.82, 2.24) is 9.78 Å². The first-order valence-corrected chi connectivity index (χ1v) is 7.37. The predicted molar refractivity (Wildman–Crippen MR) is 89.5 cm³/mol. The lowest BCUT2D eigenvalue weighted by Crippen LogP contribution is -1.94. The first-order valence-electron chi connectivity index (χ1n) is 7.37. The molecule has 1 heterocycles. The minimum absolute atomic E-state index is 0.629. The van der Waals surface area contributed by atoms with Gasteiger partial charge in [0.1, 0.15) is 11.4 Å². The van der Waals surface area contributed by atoms with E-state index < -0.39 is 0 Å². The van der Waals surface area contributed by atoms with Crippen LogP contribution in [0.5, 0.6) is 5.75 Å². The third-order valence-electron chi connectivity index (χ3n) is 3.40. The maximum atomic E-state index is 8.90. The third-order valence-corrected chi connectivity index (χ3v) is 3.40. The average Bonchev–Trinajstić information content (AvgIpc) is 3.01. The number of oxime groups is 1. The summed E-state index contributed by atoms with van der Waals surface area (Å²) in [5.41, 5.74) is 3.35. The first kappa shape index (κ1) is 14.8. The summed E-state index contributed by atoms with van der Waals surface area (Å²) in [6.07, 6.45) is 3.22. The molecule has 0 spiro atoms. The molecule has 0 saturated heterocycles. The second-order valence-electron chi connectivity index (χ2n) is 4.92. The van der Waals surface area contributed by atoms with E-state index in [2.05, 4.69) is 10.3 Å². The van der Waals surface area contributed by atoms with Gasteiger partial charge in [0.25, 0.3) is 0 Å². The maximum Gasteiger partial charge on any atom is 0.119 e. The molecule has 116 valence electrons. The van der Waals surface area contributed by atoms with Crippen LogP contribution in [0, 0.1) is 0 Å². The second kappa shape index (κ2) is 6.79. The van der Waals surface area contributed by atoms with Crippen molar-refractivity contribution in [3.63, 3.8) is 0 Å². The van der Waals surface area contributed by atoms with Crippen LogP contribution in [0.3, 0.4) is 0 Å². The van der Waals surface area contributed by atoms with Gasteiger partial charge in [0.15, 0.2) is 0 Å². The van der Waals surface area contributed by atoms with E-state index >= 15 is 0 Å². The number of benzene rings is 2. The molecule has 0 unspecified atom stereocenters. The summed E-state index contributed by atoms with van der Waals surface area (Å²) in [5.74, 6) is 0.816. The third kappa shape index (κ3) is 3.23. The van der Waals surface area contributed by atoms with Gasteiger partial charge in [0.05, 0.1) is 18.5 Å². The van der Waals surface area contributed by atoms with Crippen molar-refractivity contribution in [3.8, 4) is 22.7 Å². The minimum Gasteiger partial charge on any atom is -0.494 e. The molecular weight excluding hydrogens is 290 g/mol. The van der Waals surface area contributed by atoms with Crippen LogP contribution in [0.1, 0.15) is 12.5 Å². The van der Waals surface area contributed by atoms with Crippen molar-refractivity contribution in [1.29, 1.82) is 0 Å². The number of nitrogens with zero attached hydrogens (tertiary/aromatic N) is 3. The molecule has 3 rings (SSSR count). The lowest BCUT2D eigenvalue weighted by molar-refractivity contribution is 0.322. The smallest absolute Gasteiger partial charge is 0.119 e. The monoisotopic (exact) mass is 307 g/mol. The van der Waals surface area contributed by atoms with Gasteiger partial charge in [-0.3, -0.25) is 0 Å². The number of aromatic nitrogens is 2. The zero-order valence-electron chi connectivity index (χ0n) is 12.8. The average molecular weight is 307 g/mol. The van der Waals surface area contributed by atoms with Crippen LogP contribution in [0.4, 0.5) is 0 Å². The topological polar surface area (TPSA) is 59.6 Å². The molecule has 5 heteroatoms. The standard InChI is InChI=1S/C18H17N3O2/c1-2-23-17-10-8-14(9-11-17)18-15(12-19-22)13-21(20-18)16-6-4-3-5-7-16/h3-13,22H,2H2,1H3/b19-12+. The molecule has 1 aromatic heterocycles. The Bertz CT molecular complexity index is 793. The van der Waals surface area contributed by atoms with E-state index in [1.54, 1.807) is 4.68 Å². The Balaban J connectivity index is 2.02. The van der Waals surface area contributed by atoms with Gasteiger partial charge in [-0.05, 0) is 43.3 Å². The van der Waals surface area contributed by atoms with Gasteiger partial charge in [-0.1, -0.05) is 23.4 Å². The fourth-order valence-corrected chi connectivity index (χ4v) is 2.36. The van der Waals surface area contributed by atoms with Gasteiger partial charge in [-0.2, -0.15) is 5.10 Å². The maximum absolute atomic E-state index is 8.90. The molecule has 3 aromatic rings. The van der Waals surface area contributed by atoms with Crippen molar-refractivity contribution < 1.29 is 9.94 Å². The minimum atomic E-state index is 0.629. The highest BCUT2D eigenvalue weighted by Crippen LogP contribution is 2.25. The highest BCUT2D eigenvalue weighted by molar-refractivity contribution is 5.88. The summed E-state index contributed by atoms with van der Waals surface area (Å²) in [6, 6.07) is 17.5. The summed E-state index contributed by atoms with van der Waals surface area (Å²) >= 11 is 0. The van der Waals surface area contributed by atoms with E-state index in [9.17, 15) is 0 Å². The highest BCUT2D eigenvalue weighted by Gasteiger charge is 2.11.